The number of nitrogens with one attached hydrogen (secondary N) is 1. The lowest BCUT2D eigenvalue weighted by Crippen LogP contribution is -2.34. The van der Waals surface area contributed by atoms with Crippen molar-refractivity contribution < 1.29 is 14.3 Å². The molecule has 2 amide bonds. The molecule has 2 rings (SSSR count). The molecule has 0 radical (unpaired) electrons. The molecule has 1 heterocycles. The fourth-order valence-corrected chi connectivity index (χ4v) is 2.76. The predicted octanol–water partition coefficient (Wildman–Crippen LogP) is 2.99. The molecule has 1 fully saturated rings. The number of carbonyl (C=O) groups is 2. The van der Waals surface area contributed by atoms with Crippen molar-refractivity contribution in [1.82, 2.24) is 10.2 Å². The Balaban J connectivity index is 1.77. The highest BCUT2D eigenvalue weighted by Crippen LogP contribution is 2.13. The van der Waals surface area contributed by atoms with E-state index in [0.29, 0.717) is 24.6 Å². The molecule has 0 aliphatic carbocycles. The summed E-state index contributed by atoms with van der Waals surface area (Å²) in [7, 11) is 0. The van der Waals surface area contributed by atoms with E-state index in [1.165, 1.54) is 0 Å². The molecule has 1 saturated heterocycles. The van der Waals surface area contributed by atoms with E-state index >= 15 is 0 Å². The van der Waals surface area contributed by atoms with Crippen LogP contribution >= 0.6 is 0 Å². The highest BCUT2D eigenvalue weighted by atomic mass is 16.5. The maximum Gasteiger partial charge on any atom is 0.253 e. The maximum atomic E-state index is 12.3. The molecule has 1 aromatic carbocycles. The third-order valence-electron chi connectivity index (χ3n) is 4.49. The SMILES string of the molecule is CC(C)CCO[C@H](C)C(=O)NCc1ccc(C(=O)N2CCCC2)cc1. The van der Waals surface area contributed by atoms with Gasteiger partial charge in [-0.05, 0) is 49.8 Å². The summed E-state index contributed by atoms with van der Waals surface area (Å²) in [6.45, 7) is 8.77. The molecular formula is C20H30N2O3. The van der Waals surface area contributed by atoms with Crippen LogP contribution in [0.2, 0.25) is 0 Å². The minimum Gasteiger partial charge on any atom is -0.369 e. The van der Waals surface area contributed by atoms with Gasteiger partial charge in [0.05, 0.1) is 0 Å². The second-order valence-electron chi connectivity index (χ2n) is 7.11. The number of hydrogen-bond acceptors (Lipinski definition) is 3. The van der Waals surface area contributed by atoms with Gasteiger partial charge in [-0.15, -0.1) is 0 Å². The zero-order valence-electron chi connectivity index (χ0n) is 15.6. The van der Waals surface area contributed by atoms with Gasteiger partial charge in [-0.3, -0.25) is 9.59 Å². The zero-order chi connectivity index (χ0) is 18.2. The first-order valence-corrected chi connectivity index (χ1v) is 9.25. The first-order chi connectivity index (χ1) is 12.0. The van der Waals surface area contributed by atoms with Gasteiger partial charge in [-0.25, -0.2) is 0 Å². The van der Waals surface area contributed by atoms with Crippen molar-refractivity contribution in [3.8, 4) is 0 Å². The van der Waals surface area contributed by atoms with Gasteiger partial charge in [0.2, 0.25) is 5.91 Å². The van der Waals surface area contributed by atoms with E-state index in [1.807, 2.05) is 29.2 Å². The van der Waals surface area contributed by atoms with Crippen LogP contribution in [-0.2, 0) is 16.1 Å². The van der Waals surface area contributed by atoms with Gasteiger partial charge in [0.25, 0.3) is 5.91 Å². The van der Waals surface area contributed by atoms with Crippen LogP contribution in [0.4, 0.5) is 0 Å². The van der Waals surface area contributed by atoms with Crippen molar-refractivity contribution in [2.45, 2.75) is 52.7 Å². The average molecular weight is 346 g/mol. The monoisotopic (exact) mass is 346 g/mol. The van der Waals surface area contributed by atoms with Gasteiger partial charge in [0.1, 0.15) is 6.10 Å². The largest absolute Gasteiger partial charge is 0.369 e. The van der Waals surface area contributed by atoms with Crippen molar-refractivity contribution in [2.75, 3.05) is 19.7 Å². The van der Waals surface area contributed by atoms with Crippen LogP contribution < -0.4 is 5.32 Å². The Morgan fingerprint density at radius 3 is 2.36 bits per heavy atom. The van der Waals surface area contributed by atoms with Crippen molar-refractivity contribution in [3.63, 3.8) is 0 Å². The summed E-state index contributed by atoms with van der Waals surface area (Å²) in [6, 6.07) is 7.47. The van der Waals surface area contributed by atoms with Crippen molar-refractivity contribution >= 4 is 11.8 Å². The molecule has 1 atom stereocenters. The van der Waals surface area contributed by atoms with Crippen LogP contribution in [0, 0.1) is 5.92 Å². The molecule has 25 heavy (non-hydrogen) atoms. The number of likely N-dealkylation sites (tertiary alicyclic amines) is 1. The fourth-order valence-electron chi connectivity index (χ4n) is 2.76. The summed E-state index contributed by atoms with van der Waals surface area (Å²) in [6.07, 6.45) is 2.68. The Morgan fingerprint density at radius 2 is 1.76 bits per heavy atom. The highest BCUT2D eigenvalue weighted by Gasteiger charge is 2.19. The number of benzene rings is 1. The quantitative estimate of drug-likeness (QED) is 0.787. The van der Waals surface area contributed by atoms with Crippen LogP contribution in [0.1, 0.15) is 56.0 Å². The maximum absolute atomic E-state index is 12.3. The van der Waals surface area contributed by atoms with Gasteiger partial charge in [-0.2, -0.15) is 0 Å². The molecule has 0 bridgehead atoms. The van der Waals surface area contributed by atoms with E-state index in [4.69, 9.17) is 4.74 Å². The predicted molar refractivity (Wildman–Crippen MR) is 98.3 cm³/mol. The molecule has 1 aliphatic rings. The molecule has 5 nitrogen and oxygen atoms in total. The number of nitrogens with zero attached hydrogens (tertiary/aromatic N) is 1. The Bertz CT molecular complexity index is 563. The molecule has 0 aromatic heterocycles. The molecule has 1 aliphatic heterocycles. The number of carbonyl (C=O) groups excluding carboxylic acids is 2. The van der Waals surface area contributed by atoms with E-state index in [1.54, 1.807) is 6.92 Å². The minimum absolute atomic E-state index is 0.0975. The molecule has 0 spiro atoms. The lowest BCUT2D eigenvalue weighted by atomic mass is 10.1. The Hall–Kier alpha value is -1.88. The normalized spacial score (nSPS) is 15.4. The Kier molecular flexibility index (Phi) is 7.44. The van der Waals surface area contributed by atoms with Crippen LogP contribution in [-0.4, -0.2) is 42.5 Å². The summed E-state index contributed by atoms with van der Waals surface area (Å²) < 4.78 is 5.55. The van der Waals surface area contributed by atoms with Crippen molar-refractivity contribution in [1.29, 1.82) is 0 Å². The molecule has 0 unspecified atom stereocenters. The van der Waals surface area contributed by atoms with Gasteiger partial charge in [0.15, 0.2) is 0 Å². The molecular weight excluding hydrogens is 316 g/mol. The van der Waals surface area contributed by atoms with Crippen LogP contribution in [0.25, 0.3) is 0 Å². The van der Waals surface area contributed by atoms with Crippen LogP contribution in [0.5, 0.6) is 0 Å². The summed E-state index contributed by atoms with van der Waals surface area (Å²) in [5.74, 6) is 0.554. The standard InChI is InChI=1S/C20H30N2O3/c1-15(2)10-13-25-16(3)19(23)21-14-17-6-8-18(9-7-17)20(24)22-11-4-5-12-22/h6-9,15-16H,4-5,10-14H2,1-3H3,(H,21,23)/t16-/m1/s1. The third kappa shape index (κ3) is 6.16. The first kappa shape index (κ1) is 19.4. The van der Waals surface area contributed by atoms with E-state index in [2.05, 4.69) is 19.2 Å². The summed E-state index contributed by atoms with van der Waals surface area (Å²) in [5.41, 5.74) is 1.68. The molecule has 0 saturated carbocycles. The Labute approximate surface area is 150 Å². The fraction of sp³-hybridized carbons (Fsp3) is 0.600. The summed E-state index contributed by atoms with van der Waals surface area (Å²) in [5, 5.41) is 2.88. The van der Waals surface area contributed by atoms with Crippen LogP contribution in [0.15, 0.2) is 24.3 Å². The number of hydrogen-bond donors (Lipinski definition) is 1. The number of rotatable bonds is 8. The second-order valence-corrected chi connectivity index (χ2v) is 7.11. The molecule has 1 aromatic rings. The van der Waals surface area contributed by atoms with E-state index in [-0.39, 0.29) is 11.8 Å². The van der Waals surface area contributed by atoms with E-state index in [9.17, 15) is 9.59 Å². The highest BCUT2D eigenvalue weighted by molar-refractivity contribution is 5.94. The van der Waals surface area contributed by atoms with Crippen LogP contribution in [0.3, 0.4) is 0 Å². The topological polar surface area (TPSA) is 58.6 Å². The smallest absolute Gasteiger partial charge is 0.253 e. The van der Waals surface area contributed by atoms with Gasteiger partial charge < -0.3 is 15.0 Å². The van der Waals surface area contributed by atoms with Gasteiger partial charge in [-0.1, -0.05) is 26.0 Å². The number of ether oxygens (including phenoxy) is 1. The Morgan fingerprint density at radius 1 is 1.12 bits per heavy atom. The zero-order valence-corrected chi connectivity index (χ0v) is 15.6. The molecule has 1 N–H and O–H groups in total. The lowest BCUT2D eigenvalue weighted by Gasteiger charge is -2.16. The van der Waals surface area contributed by atoms with E-state index in [0.717, 1.165) is 37.9 Å². The number of amides is 2. The van der Waals surface area contributed by atoms with Gasteiger partial charge >= 0.3 is 0 Å². The third-order valence-corrected chi connectivity index (χ3v) is 4.49. The first-order valence-electron chi connectivity index (χ1n) is 9.25. The second kappa shape index (κ2) is 9.56. The van der Waals surface area contributed by atoms with Gasteiger partial charge in [0, 0.05) is 31.8 Å². The summed E-state index contributed by atoms with van der Waals surface area (Å²) in [4.78, 5) is 26.2. The lowest BCUT2D eigenvalue weighted by molar-refractivity contribution is -0.132. The molecule has 138 valence electrons. The van der Waals surface area contributed by atoms with Crippen molar-refractivity contribution in [2.24, 2.45) is 5.92 Å². The average Bonchev–Trinajstić information content (AvgIpc) is 3.13. The summed E-state index contributed by atoms with van der Waals surface area (Å²) >= 11 is 0. The molecule has 5 heteroatoms. The minimum atomic E-state index is -0.449. The van der Waals surface area contributed by atoms with Crippen molar-refractivity contribution in [3.05, 3.63) is 35.4 Å². The van der Waals surface area contributed by atoms with E-state index < -0.39 is 6.10 Å².